The van der Waals surface area contributed by atoms with Crippen LogP contribution in [-0.4, -0.2) is 73.5 Å². The van der Waals surface area contributed by atoms with Crippen molar-refractivity contribution < 1.29 is 9.84 Å². The van der Waals surface area contributed by atoms with E-state index in [9.17, 15) is 5.11 Å². The van der Waals surface area contributed by atoms with E-state index in [1.807, 2.05) is 0 Å². The van der Waals surface area contributed by atoms with Crippen LogP contribution < -0.4 is 0 Å². The van der Waals surface area contributed by atoms with E-state index in [1.54, 1.807) is 0 Å². The monoisotopic (exact) mass is 242 g/mol. The van der Waals surface area contributed by atoms with Gasteiger partial charge in [0.1, 0.15) is 0 Å². The number of likely N-dealkylation sites (tertiary alicyclic amines) is 1. The summed E-state index contributed by atoms with van der Waals surface area (Å²) in [6.07, 6.45) is 2.76. The van der Waals surface area contributed by atoms with Crippen LogP contribution in [0.2, 0.25) is 0 Å². The molecule has 0 amide bonds. The van der Waals surface area contributed by atoms with E-state index in [4.69, 9.17) is 4.74 Å². The van der Waals surface area contributed by atoms with E-state index in [0.29, 0.717) is 18.6 Å². The molecule has 0 aromatic heterocycles. The van der Waals surface area contributed by atoms with Crippen molar-refractivity contribution >= 4 is 0 Å². The Morgan fingerprint density at radius 2 is 2.12 bits per heavy atom. The predicted molar refractivity (Wildman–Crippen MR) is 68.1 cm³/mol. The van der Waals surface area contributed by atoms with Gasteiger partial charge in [-0.25, -0.2) is 0 Å². The SMILES string of the molecule is CCN1CCOC(CN2CCCC(CO)C2)C1. The van der Waals surface area contributed by atoms with Crippen LogP contribution in [0.5, 0.6) is 0 Å². The minimum atomic E-state index is 0.336. The summed E-state index contributed by atoms with van der Waals surface area (Å²) in [5, 5.41) is 9.23. The van der Waals surface area contributed by atoms with Crippen LogP contribution >= 0.6 is 0 Å². The Morgan fingerprint density at radius 1 is 1.24 bits per heavy atom. The Bertz CT molecular complexity index is 203. The summed E-state index contributed by atoms with van der Waals surface area (Å²) in [7, 11) is 0. The van der Waals surface area contributed by atoms with Crippen LogP contribution in [0.1, 0.15) is 19.8 Å². The van der Waals surface area contributed by atoms with Crippen LogP contribution in [0, 0.1) is 5.92 Å². The number of piperidine rings is 1. The average Bonchev–Trinajstić information content (AvgIpc) is 2.39. The molecule has 2 heterocycles. The molecular weight excluding hydrogens is 216 g/mol. The molecule has 2 fully saturated rings. The molecule has 2 rings (SSSR count). The molecule has 4 heteroatoms. The number of hydrogen-bond acceptors (Lipinski definition) is 4. The molecule has 1 N–H and O–H groups in total. The highest BCUT2D eigenvalue weighted by Crippen LogP contribution is 2.17. The van der Waals surface area contributed by atoms with Gasteiger partial charge in [-0.15, -0.1) is 0 Å². The third kappa shape index (κ3) is 3.91. The first-order valence-electron chi connectivity index (χ1n) is 6.99. The number of hydrogen-bond donors (Lipinski definition) is 1. The molecule has 2 aliphatic rings. The summed E-state index contributed by atoms with van der Waals surface area (Å²) in [6, 6.07) is 0. The minimum Gasteiger partial charge on any atom is -0.396 e. The van der Waals surface area contributed by atoms with E-state index < -0.39 is 0 Å². The second-order valence-electron chi connectivity index (χ2n) is 5.34. The topological polar surface area (TPSA) is 35.9 Å². The molecule has 0 bridgehead atoms. The van der Waals surface area contributed by atoms with E-state index in [-0.39, 0.29) is 0 Å². The third-order valence-corrected chi connectivity index (χ3v) is 3.99. The standard InChI is InChI=1S/C13H26N2O2/c1-2-14-6-7-17-13(9-14)10-15-5-3-4-12(8-15)11-16/h12-13,16H,2-11H2,1H3. The van der Waals surface area contributed by atoms with Gasteiger partial charge >= 0.3 is 0 Å². The van der Waals surface area contributed by atoms with E-state index in [0.717, 1.165) is 39.3 Å². The molecule has 2 atom stereocenters. The second-order valence-corrected chi connectivity index (χ2v) is 5.34. The van der Waals surface area contributed by atoms with Gasteiger partial charge < -0.3 is 14.7 Å². The summed E-state index contributed by atoms with van der Waals surface area (Å²) in [4.78, 5) is 4.93. The molecule has 0 saturated carbocycles. The smallest absolute Gasteiger partial charge is 0.0829 e. The zero-order valence-corrected chi connectivity index (χ0v) is 11.0. The van der Waals surface area contributed by atoms with Crippen molar-refractivity contribution in [2.24, 2.45) is 5.92 Å². The van der Waals surface area contributed by atoms with Crippen molar-refractivity contribution in [3.8, 4) is 0 Å². The molecule has 100 valence electrons. The Morgan fingerprint density at radius 3 is 2.88 bits per heavy atom. The summed E-state index contributed by atoms with van der Waals surface area (Å²) in [5.41, 5.74) is 0. The molecule has 2 aliphatic heterocycles. The van der Waals surface area contributed by atoms with Gasteiger partial charge in [0.15, 0.2) is 0 Å². The number of aliphatic hydroxyl groups excluding tert-OH is 1. The van der Waals surface area contributed by atoms with Gasteiger partial charge in [-0.05, 0) is 31.8 Å². The summed E-state index contributed by atoms with van der Waals surface area (Å²) < 4.78 is 5.84. The molecule has 4 nitrogen and oxygen atoms in total. The van der Waals surface area contributed by atoms with Crippen LogP contribution in [0.15, 0.2) is 0 Å². The lowest BCUT2D eigenvalue weighted by atomic mass is 9.99. The number of aliphatic hydroxyl groups is 1. The van der Waals surface area contributed by atoms with Crippen molar-refractivity contribution in [1.29, 1.82) is 0 Å². The quantitative estimate of drug-likeness (QED) is 0.775. The van der Waals surface area contributed by atoms with Gasteiger partial charge in [0.2, 0.25) is 0 Å². The zero-order chi connectivity index (χ0) is 12.1. The van der Waals surface area contributed by atoms with Crippen LogP contribution in [0.25, 0.3) is 0 Å². The minimum absolute atomic E-state index is 0.336. The van der Waals surface area contributed by atoms with Crippen molar-refractivity contribution in [1.82, 2.24) is 9.80 Å². The molecule has 0 aromatic carbocycles. The first-order chi connectivity index (χ1) is 8.31. The first kappa shape index (κ1) is 13.3. The van der Waals surface area contributed by atoms with Gasteiger partial charge in [0, 0.05) is 32.8 Å². The maximum Gasteiger partial charge on any atom is 0.0829 e. The summed E-state index contributed by atoms with van der Waals surface area (Å²) in [5.74, 6) is 0.481. The largest absolute Gasteiger partial charge is 0.396 e. The van der Waals surface area contributed by atoms with Crippen LogP contribution in [0.3, 0.4) is 0 Å². The number of ether oxygens (including phenoxy) is 1. The Hall–Kier alpha value is -0.160. The van der Waals surface area contributed by atoms with E-state index in [2.05, 4.69) is 16.7 Å². The lowest BCUT2D eigenvalue weighted by molar-refractivity contribution is -0.0476. The van der Waals surface area contributed by atoms with Crippen molar-refractivity contribution in [3.63, 3.8) is 0 Å². The highest BCUT2D eigenvalue weighted by molar-refractivity contribution is 4.78. The van der Waals surface area contributed by atoms with Gasteiger partial charge in [0.25, 0.3) is 0 Å². The first-order valence-corrected chi connectivity index (χ1v) is 6.99. The van der Waals surface area contributed by atoms with Crippen molar-refractivity contribution in [3.05, 3.63) is 0 Å². The average molecular weight is 242 g/mol. The Labute approximate surface area is 105 Å². The van der Waals surface area contributed by atoms with Crippen molar-refractivity contribution in [2.45, 2.75) is 25.9 Å². The number of likely N-dealkylation sites (N-methyl/N-ethyl adjacent to an activating group) is 1. The van der Waals surface area contributed by atoms with Gasteiger partial charge in [0.05, 0.1) is 12.7 Å². The fraction of sp³-hybridized carbons (Fsp3) is 1.00. The van der Waals surface area contributed by atoms with Gasteiger partial charge in [-0.1, -0.05) is 6.92 Å². The molecule has 0 aromatic rings. The van der Waals surface area contributed by atoms with Crippen LogP contribution in [0.4, 0.5) is 0 Å². The maximum absolute atomic E-state index is 9.23. The van der Waals surface area contributed by atoms with Crippen LogP contribution in [-0.2, 0) is 4.74 Å². The fourth-order valence-electron chi connectivity index (χ4n) is 2.93. The zero-order valence-electron chi connectivity index (χ0n) is 11.0. The third-order valence-electron chi connectivity index (χ3n) is 3.99. The Kier molecular flexibility index (Phi) is 5.22. The number of rotatable bonds is 4. The molecule has 0 spiro atoms. The number of morpholine rings is 1. The highest BCUT2D eigenvalue weighted by Gasteiger charge is 2.25. The molecule has 2 saturated heterocycles. The predicted octanol–water partition coefficient (Wildman–Crippen LogP) is 0.411. The van der Waals surface area contributed by atoms with Gasteiger partial charge in [-0.3, -0.25) is 4.90 Å². The van der Waals surface area contributed by atoms with Crippen molar-refractivity contribution in [2.75, 3.05) is 52.5 Å². The maximum atomic E-state index is 9.23. The lowest BCUT2D eigenvalue weighted by Crippen LogP contribution is -2.49. The summed E-state index contributed by atoms with van der Waals surface area (Å²) in [6.45, 7) is 9.93. The molecule has 2 unspecified atom stereocenters. The molecule has 0 aliphatic carbocycles. The lowest BCUT2D eigenvalue weighted by Gasteiger charge is -2.38. The second kappa shape index (κ2) is 6.69. The molecule has 17 heavy (non-hydrogen) atoms. The van der Waals surface area contributed by atoms with E-state index in [1.165, 1.54) is 19.4 Å². The number of nitrogens with zero attached hydrogens (tertiary/aromatic N) is 2. The van der Waals surface area contributed by atoms with E-state index >= 15 is 0 Å². The highest BCUT2D eigenvalue weighted by atomic mass is 16.5. The molecular formula is C13H26N2O2. The normalized spacial score (nSPS) is 32.8. The summed E-state index contributed by atoms with van der Waals surface area (Å²) >= 11 is 0. The fourth-order valence-corrected chi connectivity index (χ4v) is 2.93. The Balaban J connectivity index is 1.75. The van der Waals surface area contributed by atoms with Gasteiger partial charge in [-0.2, -0.15) is 0 Å². The molecule has 0 radical (unpaired) electrons.